The Balaban J connectivity index is 1.36. The molecule has 32 heavy (non-hydrogen) atoms. The number of benzene rings is 1. The second-order valence-corrected chi connectivity index (χ2v) is 9.68. The lowest BCUT2D eigenvalue weighted by atomic mass is 9.95. The molecule has 0 bridgehead atoms. The van der Waals surface area contributed by atoms with E-state index in [1.807, 2.05) is 16.7 Å². The number of piperidine rings is 1. The van der Waals surface area contributed by atoms with E-state index < -0.39 is 6.09 Å². The number of nitrogens with one attached hydrogen (secondary N) is 2. The van der Waals surface area contributed by atoms with Gasteiger partial charge in [0.25, 0.3) is 0 Å². The van der Waals surface area contributed by atoms with Crippen LogP contribution in [0.1, 0.15) is 19.3 Å². The quantitative estimate of drug-likeness (QED) is 0.467. The van der Waals surface area contributed by atoms with E-state index in [0.29, 0.717) is 53.4 Å². The summed E-state index contributed by atoms with van der Waals surface area (Å²) in [6.07, 6.45) is 3.50. The summed E-state index contributed by atoms with van der Waals surface area (Å²) in [7, 11) is 0. The zero-order valence-corrected chi connectivity index (χ0v) is 19.4. The molecule has 0 radical (unpaired) electrons. The summed E-state index contributed by atoms with van der Waals surface area (Å²) in [5, 5.41) is 18.1. The molecule has 12 heteroatoms. The van der Waals surface area contributed by atoms with E-state index in [0.717, 1.165) is 28.6 Å². The summed E-state index contributed by atoms with van der Waals surface area (Å²) in [6, 6.07) is 3.77. The fourth-order valence-corrected chi connectivity index (χ4v) is 5.43. The Kier molecular flexibility index (Phi) is 5.72. The molecule has 3 N–H and O–H groups in total. The Morgan fingerprint density at radius 2 is 2.19 bits per heavy atom. The van der Waals surface area contributed by atoms with Crippen molar-refractivity contribution in [1.82, 2.24) is 24.4 Å². The van der Waals surface area contributed by atoms with Crippen LogP contribution in [0.4, 0.5) is 4.79 Å². The van der Waals surface area contributed by atoms with Gasteiger partial charge >= 0.3 is 6.09 Å². The highest BCUT2D eigenvalue weighted by Crippen LogP contribution is 2.42. The van der Waals surface area contributed by atoms with E-state index in [2.05, 4.69) is 25.9 Å². The number of ether oxygens (including phenoxy) is 2. The zero-order valence-electron chi connectivity index (χ0n) is 17.0. The van der Waals surface area contributed by atoms with Crippen molar-refractivity contribution in [2.45, 2.75) is 35.9 Å². The third-order valence-electron chi connectivity index (χ3n) is 5.70. The number of hydrogen-bond acceptors (Lipinski definition) is 7. The first-order valence-corrected chi connectivity index (χ1v) is 11.8. The lowest BCUT2D eigenvalue weighted by Gasteiger charge is -2.30. The number of fused-ring (bicyclic) bond motifs is 2. The number of imidazole rings is 1. The molecule has 1 amide bonds. The van der Waals surface area contributed by atoms with Gasteiger partial charge in [-0.05, 0) is 53.2 Å². The van der Waals surface area contributed by atoms with Gasteiger partial charge < -0.3 is 29.0 Å². The van der Waals surface area contributed by atoms with Gasteiger partial charge in [-0.2, -0.15) is 0 Å². The molecule has 0 spiro atoms. The van der Waals surface area contributed by atoms with Crippen LogP contribution in [-0.2, 0) is 6.54 Å². The van der Waals surface area contributed by atoms with Crippen molar-refractivity contribution in [3.8, 4) is 11.5 Å². The molecular formula is C20H21BrN6O4S. The summed E-state index contributed by atoms with van der Waals surface area (Å²) in [4.78, 5) is 25.8. The van der Waals surface area contributed by atoms with Crippen LogP contribution in [0.5, 0.6) is 11.5 Å². The van der Waals surface area contributed by atoms with Crippen LogP contribution in [-0.4, -0.2) is 55.5 Å². The topological polar surface area (TPSA) is 129 Å². The van der Waals surface area contributed by atoms with Crippen molar-refractivity contribution in [1.29, 1.82) is 5.41 Å². The van der Waals surface area contributed by atoms with Gasteiger partial charge in [0.2, 0.25) is 6.79 Å². The molecule has 1 aromatic carbocycles. The van der Waals surface area contributed by atoms with Gasteiger partial charge in [-0.25, -0.2) is 14.8 Å². The van der Waals surface area contributed by atoms with Gasteiger partial charge in [0.15, 0.2) is 27.8 Å². The van der Waals surface area contributed by atoms with Crippen molar-refractivity contribution < 1.29 is 19.4 Å². The molecule has 2 aromatic heterocycles. The molecule has 4 heterocycles. The molecule has 1 fully saturated rings. The van der Waals surface area contributed by atoms with Crippen LogP contribution >= 0.6 is 27.7 Å². The Hall–Kier alpha value is -2.73. The van der Waals surface area contributed by atoms with Gasteiger partial charge in [-0.1, -0.05) is 11.8 Å². The number of likely N-dealkylation sites (tertiary alicyclic amines) is 1. The summed E-state index contributed by atoms with van der Waals surface area (Å²) in [5.41, 5.74) is 1.37. The van der Waals surface area contributed by atoms with E-state index in [9.17, 15) is 9.90 Å². The van der Waals surface area contributed by atoms with Crippen LogP contribution < -0.4 is 15.0 Å². The summed E-state index contributed by atoms with van der Waals surface area (Å²) in [6.45, 7) is 2.03. The summed E-state index contributed by atoms with van der Waals surface area (Å²) in [5.74, 6) is 1.69. The number of hydrogen-bond donors (Lipinski definition) is 3. The van der Waals surface area contributed by atoms with Crippen LogP contribution in [0, 0.1) is 11.3 Å². The molecule has 1 unspecified atom stereocenters. The van der Waals surface area contributed by atoms with Crippen molar-refractivity contribution in [2.75, 3.05) is 19.9 Å². The number of H-pyrrole nitrogens is 1. The highest BCUT2D eigenvalue weighted by molar-refractivity contribution is 9.10. The number of aromatic amines is 1. The average molecular weight is 521 g/mol. The first-order chi connectivity index (χ1) is 15.5. The predicted octanol–water partition coefficient (Wildman–Crippen LogP) is 3.66. The maximum Gasteiger partial charge on any atom is 0.407 e. The fraction of sp³-hybridized carbons (Fsp3) is 0.400. The molecule has 1 saturated heterocycles. The number of amides is 1. The lowest BCUT2D eigenvalue weighted by Crippen LogP contribution is -2.39. The van der Waals surface area contributed by atoms with Crippen LogP contribution in [0.15, 0.2) is 33.0 Å². The molecule has 3 aromatic rings. The molecule has 1 atom stereocenters. The molecular weight excluding hydrogens is 500 g/mol. The van der Waals surface area contributed by atoms with Crippen molar-refractivity contribution >= 4 is 44.9 Å². The SMILES string of the molecule is N=c1ncn(CCC2CCCN(C(=O)O)C2)c2nc(Sc3cc4c(cc3Br)OCO4)[nH]c12. The minimum absolute atomic E-state index is 0.134. The van der Waals surface area contributed by atoms with Gasteiger partial charge in [0.1, 0.15) is 5.52 Å². The normalized spacial score (nSPS) is 17.8. The highest BCUT2D eigenvalue weighted by Gasteiger charge is 2.23. The van der Waals surface area contributed by atoms with E-state index in [4.69, 9.17) is 19.9 Å². The van der Waals surface area contributed by atoms with Crippen LogP contribution in [0.2, 0.25) is 0 Å². The van der Waals surface area contributed by atoms with Crippen molar-refractivity contribution in [3.05, 3.63) is 28.4 Å². The third-order valence-corrected chi connectivity index (χ3v) is 7.56. The minimum atomic E-state index is -0.853. The predicted molar refractivity (Wildman–Crippen MR) is 119 cm³/mol. The highest BCUT2D eigenvalue weighted by atomic mass is 79.9. The monoisotopic (exact) mass is 520 g/mol. The van der Waals surface area contributed by atoms with Gasteiger partial charge in [-0.3, -0.25) is 5.41 Å². The van der Waals surface area contributed by atoms with Gasteiger partial charge in [0, 0.05) is 29.0 Å². The Morgan fingerprint density at radius 1 is 1.38 bits per heavy atom. The van der Waals surface area contributed by atoms with Crippen molar-refractivity contribution in [3.63, 3.8) is 0 Å². The number of carboxylic acid groups (broad SMARTS) is 1. The Bertz CT molecular complexity index is 1240. The average Bonchev–Trinajstić information content (AvgIpc) is 3.41. The number of halogens is 1. The molecule has 2 aliphatic heterocycles. The van der Waals surface area contributed by atoms with Crippen LogP contribution in [0.3, 0.4) is 0 Å². The first-order valence-electron chi connectivity index (χ1n) is 10.2. The maximum absolute atomic E-state index is 11.3. The first kappa shape index (κ1) is 21.1. The standard InChI is InChI=1S/C20H21BrN6O4S/c21-12-6-13-14(31-10-30-13)7-15(12)32-19-24-16-17(22)23-9-27(18(16)25-19)5-3-11-2-1-4-26(8-11)20(28)29/h6-7,9,11,22H,1-5,8,10H2,(H,24,25)(H,28,29). The van der Waals surface area contributed by atoms with E-state index in [-0.39, 0.29) is 12.3 Å². The second kappa shape index (κ2) is 8.66. The Morgan fingerprint density at radius 3 is 3.00 bits per heavy atom. The minimum Gasteiger partial charge on any atom is -0.465 e. The van der Waals surface area contributed by atoms with E-state index in [1.54, 1.807) is 6.33 Å². The maximum atomic E-state index is 11.3. The fourth-order valence-electron chi connectivity index (χ4n) is 4.05. The molecule has 0 aliphatic carbocycles. The van der Waals surface area contributed by atoms with Crippen LogP contribution in [0.25, 0.3) is 11.2 Å². The number of aryl methyl sites for hydroxylation is 1. The van der Waals surface area contributed by atoms with Gasteiger partial charge in [0.05, 0.1) is 6.33 Å². The Labute approximate surface area is 195 Å². The third kappa shape index (κ3) is 4.16. The molecule has 2 aliphatic rings. The molecule has 5 rings (SSSR count). The number of nitrogens with zero attached hydrogens (tertiary/aromatic N) is 4. The summed E-state index contributed by atoms with van der Waals surface area (Å²) >= 11 is 4.99. The molecule has 168 valence electrons. The number of carbonyl (C=O) groups is 1. The summed E-state index contributed by atoms with van der Waals surface area (Å²) < 4.78 is 13.7. The molecule has 10 nitrogen and oxygen atoms in total. The largest absolute Gasteiger partial charge is 0.465 e. The number of rotatable bonds is 5. The lowest BCUT2D eigenvalue weighted by molar-refractivity contribution is 0.117. The molecule has 0 saturated carbocycles. The second-order valence-electron chi connectivity index (χ2n) is 7.79. The van der Waals surface area contributed by atoms with E-state index >= 15 is 0 Å². The number of aromatic nitrogens is 4. The van der Waals surface area contributed by atoms with Crippen molar-refractivity contribution in [2.24, 2.45) is 5.92 Å². The van der Waals surface area contributed by atoms with E-state index in [1.165, 1.54) is 16.7 Å². The zero-order chi connectivity index (χ0) is 22.2. The smallest absolute Gasteiger partial charge is 0.407 e. The van der Waals surface area contributed by atoms with Gasteiger partial charge in [-0.15, -0.1) is 0 Å².